The summed E-state index contributed by atoms with van der Waals surface area (Å²) in [5.41, 5.74) is 1.77. The van der Waals surface area contributed by atoms with Crippen LogP contribution < -0.4 is 0 Å². The summed E-state index contributed by atoms with van der Waals surface area (Å²) in [6.07, 6.45) is 0.843. The molecule has 14 heavy (non-hydrogen) atoms. The van der Waals surface area contributed by atoms with Crippen molar-refractivity contribution in [2.75, 3.05) is 0 Å². The summed E-state index contributed by atoms with van der Waals surface area (Å²) >= 11 is 0. The highest BCUT2D eigenvalue weighted by atomic mass is 16.5. The molecular formula is C11H12O3. The van der Waals surface area contributed by atoms with Crippen molar-refractivity contribution in [3.8, 4) is 5.75 Å². The molecule has 1 aliphatic heterocycles. The third kappa shape index (κ3) is 1.58. The second-order valence-corrected chi connectivity index (χ2v) is 3.58. The molecule has 0 aliphatic carbocycles. The van der Waals surface area contributed by atoms with E-state index in [2.05, 4.69) is 0 Å². The van der Waals surface area contributed by atoms with Crippen LogP contribution in [0.3, 0.4) is 0 Å². The van der Waals surface area contributed by atoms with Crippen molar-refractivity contribution < 1.29 is 14.6 Å². The molecule has 1 atom stereocenters. The predicted octanol–water partition coefficient (Wildman–Crippen LogP) is 2.08. The zero-order valence-electron chi connectivity index (χ0n) is 7.99. The number of hydrogen-bond donors (Lipinski definition) is 1. The van der Waals surface area contributed by atoms with Crippen LogP contribution in [0.4, 0.5) is 0 Å². The van der Waals surface area contributed by atoms with Gasteiger partial charge in [-0.25, -0.2) is 0 Å². The third-order valence-electron chi connectivity index (χ3n) is 2.41. The summed E-state index contributed by atoms with van der Waals surface area (Å²) in [6, 6.07) is 5.32. The molecule has 3 heteroatoms. The van der Waals surface area contributed by atoms with Crippen LogP contribution in [0.25, 0.3) is 0 Å². The number of ether oxygens (including phenoxy) is 1. The molecule has 0 aromatic heterocycles. The highest BCUT2D eigenvalue weighted by Crippen LogP contribution is 2.34. The van der Waals surface area contributed by atoms with Gasteiger partial charge in [0.1, 0.15) is 11.9 Å². The minimum Gasteiger partial charge on any atom is -0.508 e. The van der Waals surface area contributed by atoms with Crippen molar-refractivity contribution in [1.82, 2.24) is 0 Å². The maximum Gasteiger partial charge on any atom is 0.306 e. The Bertz CT molecular complexity index is 371. The van der Waals surface area contributed by atoms with E-state index in [0.29, 0.717) is 12.8 Å². The van der Waals surface area contributed by atoms with E-state index in [4.69, 9.17) is 4.74 Å². The van der Waals surface area contributed by atoms with E-state index < -0.39 is 0 Å². The molecule has 1 aromatic rings. The van der Waals surface area contributed by atoms with Crippen LogP contribution in [-0.4, -0.2) is 11.1 Å². The summed E-state index contributed by atoms with van der Waals surface area (Å²) < 4.78 is 5.08. The fraction of sp³-hybridized carbons (Fsp3) is 0.364. The molecule has 1 aliphatic rings. The Hall–Kier alpha value is -1.51. The molecule has 1 aromatic carbocycles. The maximum absolute atomic E-state index is 10.9. The standard InChI is InChI=1S/C11H12O3/c1-7-2-3-9(12)8(6-7)10-4-5-11(13)14-10/h2-3,6,10,12H,4-5H2,1H3. The van der Waals surface area contributed by atoms with Crippen LogP contribution in [0.15, 0.2) is 18.2 Å². The molecule has 3 nitrogen and oxygen atoms in total. The van der Waals surface area contributed by atoms with Crippen molar-refractivity contribution >= 4 is 5.97 Å². The summed E-state index contributed by atoms with van der Waals surface area (Å²) in [6.45, 7) is 1.94. The van der Waals surface area contributed by atoms with Gasteiger partial charge in [-0.05, 0) is 25.5 Å². The fourth-order valence-electron chi connectivity index (χ4n) is 1.68. The summed E-state index contributed by atoms with van der Waals surface area (Å²) in [4.78, 5) is 10.9. The van der Waals surface area contributed by atoms with Gasteiger partial charge < -0.3 is 9.84 Å². The number of rotatable bonds is 1. The number of phenolic OH excluding ortho intramolecular Hbond substituents is 1. The van der Waals surface area contributed by atoms with Gasteiger partial charge in [-0.15, -0.1) is 0 Å². The molecule has 1 fully saturated rings. The van der Waals surface area contributed by atoms with E-state index in [-0.39, 0.29) is 17.8 Å². The minimum atomic E-state index is -0.262. The van der Waals surface area contributed by atoms with Crippen LogP contribution in [-0.2, 0) is 9.53 Å². The van der Waals surface area contributed by atoms with E-state index in [1.165, 1.54) is 0 Å². The second-order valence-electron chi connectivity index (χ2n) is 3.58. The predicted molar refractivity (Wildman–Crippen MR) is 50.9 cm³/mol. The first kappa shape index (κ1) is 9.06. The lowest BCUT2D eigenvalue weighted by Gasteiger charge is -2.11. The molecular weight excluding hydrogens is 180 g/mol. The third-order valence-corrected chi connectivity index (χ3v) is 2.41. The Kier molecular flexibility index (Phi) is 2.15. The van der Waals surface area contributed by atoms with Crippen LogP contribution >= 0.6 is 0 Å². The largest absolute Gasteiger partial charge is 0.508 e. The molecule has 0 spiro atoms. The molecule has 1 unspecified atom stereocenters. The van der Waals surface area contributed by atoms with Gasteiger partial charge in [-0.3, -0.25) is 4.79 Å². The number of aryl methyl sites for hydroxylation is 1. The number of benzene rings is 1. The number of carbonyl (C=O) groups is 1. The first-order chi connectivity index (χ1) is 6.66. The lowest BCUT2D eigenvalue weighted by atomic mass is 10.0. The van der Waals surface area contributed by atoms with E-state index in [1.54, 1.807) is 6.07 Å². The van der Waals surface area contributed by atoms with Gasteiger partial charge in [-0.1, -0.05) is 11.6 Å². The van der Waals surface area contributed by atoms with Crippen LogP contribution in [0, 0.1) is 6.92 Å². The van der Waals surface area contributed by atoms with Gasteiger partial charge in [0.25, 0.3) is 0 Å². The van der Waals surface area contributed by atoms with Gasteiger partial charge in [-0.2, -0.15) is 0 Å². The molecule has 1 N–H and O–H groups in total. The van der Waals surface area contributed by atoms with E-state index in [0.717, 1.165) is 11.1 Å². The van der Waals surface area contributed by atoms with Gasteiger partial charge in [0.05, 0.1) is 0 Å². The Balaban J connectivity index is 2.31. The zero-order valence-corrected chi connectivity index (χ0v) is 7.99. The highest BCUT2D eigenvalue weighted by Gasteiger charge is 2.26. The van der Waals surface area contributed by atoms with Crippen LogP contribution in [0.2, 0.25) is 0 Å². The number of phenols is 1. The number of cyclic esters (lactones) is 1. The number of aromatic hydroxyl groups is 1. The van der Waals surface area contributed by atoms with Crippen molar-refractivity contribution in [3.05, 3.63) is 29.3 Å². The fourth-order valence-corrected chi connectivity index (χ4v) is 1.68. The number of hydrogen-bond acceptors (Lipinski definition) is 3. The number of esters is 1. The average molecular weight is 192 g/mol. The first-order valence-electron chi connectivity index (χ1n) is 4.66. The first-order valence-corrected chi connectivity index (χ1v) is 4.66. The van der Waals surface area contributed by atoms with E-state index in [9.17, 15) is 9.90 Å². The molecule has 0 radical (unpaired) electrons. The quantitative estimate of drug-likeness (QED) is 0.693. The SMILES string of the molecule is Cc1ccc(O)c(C2CCC(=O)O2)c1. The molecule has 2 rings (SSSR count). The van der Waals surface area contributed by atoms with Crippen molar-refractivity contribution in [2.24, 2.45) is 0 Å². The minimum absolute atomic E-state index is 0.184. The van der Waals surface area contributed by atoms with Crippen molar-refractivity contribution in [2.45, 2.75) is 25.9 Å². The Morgan fingerprint density at radius 3 is 2.93 bits per heavy atom. The van der Waals surface area contributed by atoms with E-state index in [1.807, 2.05) is 19.1 Å². The van der Waals surface area contributed by atoms with Crippen molar-refractivity contribution in [3.63, 3.8) is 0 Å². The highest BCUT2D eigenvalue weighted by molar-refractivity contribution is 5.72. The summed E-state index contributed by atoms with van der Waals surface area (Å²) in [7, 11) is 0. The molecule has 1 saturated heterocycles. The average Bonchev–Trinajstić information content (AvgIpc) is 2.56. The molecule has 0 amide bonds. The van der Waals surface area contributed by atoms with E-state index >= 15 is 0 Å². The van der Waals surface area contributed by atoms with Gasteiger partial charge >= 0.3 is 5.97 Å². The number of carbonyl (C=O) groups excluding carboxylic acids is 1. The topological polar surface area (TPSA) is 46.5 Å². The Morgan fingerprint density at radius 1 is 1.50 bits per heavy atom. The lowest BCUT2D eigenvalue weighted by molar-refractivity contribution is -0.141. The summed E-state index contributed by atoms with van der Waals surface area (Å²) in [5, 5.41) is 9.59. The van der Waals surface area contributed by atoms with Gasteiger partial charge in [0, 0.05) is 12.0 Å². The van der Waals surface area contributed by atoms with Crippen LogP contribution in [0.5, 0.6) is 5.75 Å². The second kappa shape index (κ2) is 3.33. The Labute approximate surface area is 82.3 Å². The molecule has 0 bridgehead atoms. The lowest BCUT2D eigenvalue weighted by Crippen LogP contribution is -1.99. The zero-order chi connectivity index (χ0) is 10.1. The monoisotopic (exact) mass is 192 g/mol. The molecule has 0 saturated carbocycles. The normalized spacial score (nSPS) is 20.9. The van der Waals surface area contributed by atoms with Gasteiger partial charge in [0.15, 0.2) is 0 Å². The molecule has 1 heterocycles. The maximum atomic E-state index is 10.9. The molecule has 74 valence electrons. The summed E-state index contributed by atoms with van der Waals surface area (Å²) in [5.74, 6) is 0.0196. The van der Waals surface area contributed by atoms with Crippen molar-refractivity contribution in [1.29, 1.82) is 0 Å². The van der Waals surface area contributed by atoms with Crippen LogP contribution in [0.1, 0.15) is 30.1 Å². The smallest absolute Gasteiger partial charge is 0.306 e. The Morgan fingerprint density at radius 2 is 2.29 bits per heavy atom. The van der Waals surface area contributed by atoms with Gasteiger partial charge in [0.2, 0.25) is 0 Å².